The second-order valence-electron chi connectivity index (χ2n) is 7.29. The zero-order valence-corrected chi connectivity index (χ0v) is 16.7. The fourth-order valence-corrected chi connectivity index (χ4v) is 4.10. The third-order valence-corrected chi connectivity index (χ3v) is 5.54. The molecule has 0 radical (unpaired) electrons. The van der Waals surface area contributed by atoms with Gasteiger partial charge < -0.3 is 19.3 Å². The van der Waals surface area contributed by atoms with Crippen molar-refractivity contribution in [2.75, 3.05) is 32.4 Å². The van der Waals surface area contributed by atoms with Gasteiger partial charge in [-0.25, -0.2) is 0 Å². The van der Waals surface area contributed by atoms with Gasteiger partial charge in [-0.1, -0.05) is 30.3 Å². The number of hydrogen-bond acceptors (Lipinski definition) is 6. The molecule has 1 unspecified atom stereocenters. The third-order valence-electron chi connectivity index (χ3n) is 5.54. The Balaban J connectivity index is 1.74. The Labute approximate surface area is 170 Å². The molecule has 4 rings (SSSR count). The van der Waals surface area contributed by atoms with Crippen molar-refractivity contribution < 1.29 is 24.1 Å². The SMILES string of the molecule is COCN1C(=O)[C@@H]2CCCN2C(O)c2cc(OC)c(OCc3ccccc3)cc21. The molecule has 7 nitrogen and oxygen atoms in total. The molecule has 1 amide bonds. The lowest BCUT2D eigenvalue weighted by Gasteiger charge is -2.26. The van der Waals surface area contributed by atoms with Crippen molar-refractivity contribution in [3.05, 3.63) is 53.6 Å². The van der Waals surface area contributed by atoms with Gasteiger partial charge in [0.15, 0.2) is 11.5 Å². The van der Waals surface area contributed by atoms with Gasteiger partial charge in [0, 0.05) is 25.3 Å². The van der Waals surface area contributed by atoms with Gasteiger partial charge in [0.2, 0.25) is 5.91 Å². The molecule has 2 atom stereocenters. The van der Waals surface area contributed by atoms with E-state index < -0.39 is 6.23 Å². The van der Waals surface area contributed by atoms with Crippen LogP contribution in [0.3, 0.4) is 0 Å². The number of amides is 1. The Morgan fingerprint density at radius 3 is 2.66 bits per heavy atom. The molecule has 7 heteroatoms. The molecule has 2 aliphatic heterocycles. The lowest BCUT2D eigenvalue weighted by atomic mass is 10.1. The first kappa shape index (κ1) is 19.7. The number of nitrogens with zero attached hydrogens (tertiary/aromatic N) is 2. The number of anilines is 1. The summed E-state index contributed by atoms with van der Waals surface area (Å²) in [5, 5.41) is 11.0. The number of aliphatic hydroxyl groups excluding tert-OH is 1. The molecular formula is C22H26N2O5. The first-order valence-corrected chi connectivity index (χ1v) is 9.77. The molecule has 2 aromatic carbocycles. The van der Waals surface area contributed by atoms with Crippen LogP contribution in [-0.2, 0) is 16.1 Å². The van der Waals surface area contributed by atoms with E-state index in [9.17, 15) is 9.90 Å². The van der Waals surface area contributed by atoms with Gasteiger partial charge >= 0.3 is 0 Å². The summed E-state index contributed by atoms with van der Waals surface area (Å²) in [7, 11) is 3.12. The first-order chi connectivity index (χ1) is 14.1. The maximum atomic E-state index is 13.2. The van der Waals surface area contributed by atoms with Gasteiger partial charge in [0.05, 0.1) is 18.8 Å². The molecule has 1 saturated heterocycles. The van der Waals surface area contributed by atoms with E-state index in [1.807, 2.05) is 35.2 Å². The van der Waals surface area contributed by atoms with E-state index in [4.69, 9.17) is 14.2 Å². The second kappa shape index (κ2) is 8.41. The molecule has 2 aromatic rings. The van der Waals surface area contributed by atoms with E-state index in [-0.39, 0.29) is 18.7 Å². The van der Waals surface area contributed by atoms with Gasteiger partial charge in [0.25, 0.3) is 0 Å². The van der Waals surface area contributed by atoms with Crippen LogP contribution in [0.25, 0.3) is 0 Å². The Morgan fingerprint density at radius 1 is 1.14 bits per heavy atom. The summed E-state index contributed by atoms with van der Waals surface area (Å²) < 4.78 is 16.9. The van der Waals surface area contributed by atoms with Crippen LogP contribution in [0, 0.1) is 0 Å². The quantitative estimate of drug-likeness (QED) is 0.807. The van der Waals surface area contributed by atoms with Crippen LogP contribution in [-0.4, -0.2) is 49.5 Å². The van der Waals surface area contributed by atoms with Gasteiger partial charge in [-0.05, 0) is 24.5 Å². The molecule has 2 heterocycles. The molecule has 0 bridgehead atoms. The van der Waals surface area contributed by atoms with Crippen LogP contribution in [0.4, 0.5) is 5.69 Å². The number of carbonyl (C=O) groups is 1. The lowest BCUT2D eigenvalue weighted by molar-refractivity contribution is -0.127. The number of benzene rings is 2. The standard InChI is InChI=1S/C22H26N2O5/c1-27-14-24-18-12-20(29-13-15-7-4-3-5-8-15)19(28-2)11-16(18)21(25)23-10-6-9-17(23)22(24)26/h3-5,7-8,11-12,17,21,25H,6,9-10,13-14H2,1-2H3/t17-,21?/m0/s1. The number of carbonyl (C=O) groups excluding carboxylic acids is 1. The highest BCUT2D eigenvalue weighted by Gasteiger charge is 2.43. The molecule has 0 spiro atoms. The molecule has 0 aromatic heterocycles. The van der Waals surface area contributed by atoms with Crippen LogP contribution < -0.4 is 14.4 Å². The molecule has 29 heavy (non-hydrogen) atoms. The number of methoxy groups -OCH3 is 2. The monoisotopic (exact) mass is 398 g/mol. The number of rotatable bonds is 6. The highest BCUT2D eigenvalue weighted by molar-refractivity contribution is 5.99. The maximum Gasteiger partial charge on any atom is 0.246 e. The third kappa shape index (κ3) is 3.69. The topological polar surface area (TPSA) is 71.5 Å². The largest absolute Gasteiger partial charge is 0.493 e. The minimum Gasteiger partial charge on any atom is -0.493 e. The summed E-state index contributed by atoms with van der Waals surface area (Å²) >= 11 is 0. The van der Waals surface area contributed by atoms with Gasteiger partial charge in [-0.15, -0.1) is 0 Å². The molecule has 1 fully saturated rings. The summed E-state index contributed by atoms with van der Waals surface area (Å²) in [6, 6.07) is 13.0. The van der Waals surface area contributed by atoms with E-state index in [1.54, 1.807) is 31.3 Å². The fraction of sp³-hybridized carbons (Fsp3) is 0.409. The second-order valence-corrected chi connectivity index (χ2v) is 7.29. The Bertz CT molecular complexity index is 873. The zero-order valence-electron chi connectivity index (χ0n) is 16.7. The van der Waals surface area contributed by atoms with Crippen LogP contribution in [0.2, 0.25) is 0 Å². The highest BCUT2D eigenvalue weighted by atomic mass is 16.5. The maximum absolute atomic E-state index is 13.2. The number of aliphatic hydroxyl groups is 1. The van der Waals surface area contributed by atoms with Gasteiger partial charge in [-0.3, -0.25) is 14.6 Å². The molecule has 2 aliphatic rings. The predicted molar refractivity (Wildman–Crippen MR) is 108 cm³/mol. The van der Waals surface area contributed by atoms with Crippen LogP contribution >= 0.6 is 0 Å². The van der Waals surface area contributed by atoms with E-state index in [2.05, 4.69) is 0 Å². The predicted octanol–water partition coefficient (Wildman–Crippen LogP) is 2.68. The van der Waals surface area contributed by atoms with Crippen LogP contribution in [0.15, 0.2) is 42.5 Å². The minimum absolute atomic E-state index is 0.0682. The number of ether oxygens (including phenoxy) is 3. The average Bonchev–Trinajstić information content (AvgIpc) is 3.23. The normalized spacial score (nSPS) is 21.5. The van der Waals surface area contributed by atoms with Crippen molar-refractivity contribution >= 4 is 11.6 Å². The first-order valence-electron chi connectivity index (χ1n) is 9.77. The van der Waals surface area contributed by atoms with Gasteiger partial charge in [-0.2, -0.15) is 0 Å². The van der Waals surface area contributed by atoms with E-state index in [0.29, 0.717) is 35.9 Å². The molecule has 0 aliphatic carbocycles. The summed E-state index contributed by atoms with van der Waals surface area (Å²) in [5.41, 5.74) is 2.22. The molecule has 0 saturated carbocycles. The smallest absolute Gasteiger partial charge is 0.246 e. The molecule has 1 N–H and O–H groups in total. The van der Waals surface area contributed by atoms with E-state index in [1.165, 1.54) is 0 Å². The average molecular weight is 398 g/mol. The fourth-order valence-electron chi connectivity index (χ4n) is 4.10. The number of hydrogen-bond donors (Lipinski definition) is 1. The van der Waals surface area contributed by atoms with Crippen LogP contribution in [0.1, 0.15) is 30.2 Å². The van der Waals surface area contributed by atoms with E-state index >= 15 is 0 Å². The Morgan fingerprint density at radius 2 is 1.93 bits per heavy atom. The van der Waals surface area contributed by atoms with Crippen molar-refractivity contribution in [3.63, 3.8) is 0 Å². The van der Waals surface area contributed by atoms with Gasteiger partial charge in [0.1, 0.15) is 19.6 Å². The van der Waals surface area contributed by atoms with Crippen molar-refractivity contribution in [2.24, 2.45) is 0 Å². The zero-order chi connectivity index (χ0) is 20.4. The lowest BCUT2D eigenvalue weighted by Crippen LogP contribution is -2.44. The highest BCUT2D eigenvalue weighted by Crippen LogP contribution is 2.43. The minimum atomic E-state index is -0.889. The van der Waals surface area contributed by atoms with Crippen molar-refractivity contribution in [1.29, 1.82) is 0 Å². The summed E-state index contributed by atoms with van der Waals surface area (Å²) in [5.74, 6) is 0.959. The summed E-state index contributed by atoms with van der Waals surface area (Å²) in [6.07, 6.45) is 0.706. The summed E-state index contributed by atoms with van der Waals surface area (Å²) in [6.45, 7) is 1.14. The molecule has 154 valence electrons. The Hall–Kier alpha value is -2.61. The summed E-state index contributed by atoms with van der Waals surface area (Å²) in [4.78, 5) is 16.6. The van der Waals surface area contributed by atoms with Crippen LogP contribution in [0.5, 0.6) is 11.5 Å². The number of fused-ring (bicyclic) bond motifs is 2. The van der Waals surface area contributed by atoms with Crippen molar-refractivity contribution in [3.8, 4) is 11.5 Å². The van der Waals surface area contributed by atoms with Crippen molar-refractivity contribution in [2.45, 2.75) is 31.7 Å². The molecular weight excluding hydrogens is 372 g/mol. The van der Waals surface area contributed by atoms with Crippen molar-refractivity contribution in [1.82, 2.24) is 4.90 Å². The van der Waals surface area contributed by atoms with E-state index in [0.717, 1.165) is 18.4 Å². The Kier molecular flexibility index (Phi) is 5.71.